The second-order valence-corrected chi connectivity index (χ2v) is 9.42. The van der Waals surface area contributed by atoms with Gasteiger partial charge in [-0.15, -0.1) is 0 Å². The summed E-state index contributed by atoms with van der Waals surface area (Å²) in [6.45, 7) is 4.71. The van der Waals surface area contributed by atoms with Gasteiger partial charge in [0.2, 0.25) is 0 Å². The first-order chi connectivity index (χ1) is 17.8. The smallest absolute Gasteiger partial charge is 0.266 e. The number of carbonyl (C=O) groups is 1. The van der Waals surface area contributed by atoms with E-state index in [9.17, 15) is 10.1 Å². The Hall–Kier alpha value is -3.42. The average molecular weight is 633 g/mol. The third-order valence-electron chi connectivity index (χ3n) is 5.20. The predicted octanol–water partition coefficient (Wildman–Crippen LogP) is 6.79. The maximum Gasteiger partial charge on any atom is 0.266 e. The number of ether oxygens (including phenoxy) is 4. The lowest BCUT2D eigenvalue weighted by Gasteiger charge is -2.15. The van der Waals surface area contributed by atoms with Gasteiger partial charge in [-0.3, -0.25) is 4.79 Å². The Bertz CT molecular complexity index is 1370. The van der Waals surface area contributed by atoms with Crippen LogP contribution in [0.3, 0.4) is 0 Å². The molecule has 0 aliphatic rings. The summed E-state index contributed by atoms with van der Waals surface area (Å²) in [4.78, 5) is 13.0. The number of rotatable bonds is 10. The Balaban J connectivity index is 1.88. The highest BCUT2D eigenvalue weighted by Crippen LogP contribution is 2.37. The fourth-order valence-corrected chi connectivity index (χ4v) is 4.51. The first kappa shape index (κ1) is 28.2. The second-order valence-electron chi connectivity index (χ2n) is 7.85. The van der Waals surface area contributed by atoms with E-state index in [4.69, 9.17) is 30.5 Å². The number of nitrogens with zero attached hydrogens (tertiary/aromatic N) is 1. The van der Waals surface area contributed by atoms with Crippen molar-refractivity contribution >= 4 is 51.9 Å². The van der Waals surface area contributed by atoms with Crippen LogP contribution in [0.1, 0.15) is 23.6 Å². The zero-order valence-corrected chi connectivity index (χ0v) is 23.8. The van der Waals surface area contributed by atoms with Gasteiger partial charge in [-0.05, 0) is 65.8 Å². The minimum atomic E-state index is -0.613. The van der Waals surface area contributed by atoms with E-state index in [1.165, 1.54) is 32.4 Å². The van der Waals surface area contributed by atoms with Gasteiger partial charge in [0.1, 0.15) is 29.7 Å². The molecule has 0 unspecified atom stereocenters. The molecule has 0 aliphatic carbocycles. The summed E-state index contributed by atoms with van der Waals surface area (Å²) in [5.74, 6) is 1.20. The Labute approximate surface area is 235 Å². The molecule has 0 spiro atoms. The molecule has 0 saturated heterocycles. The molecule has 0 heterocycles. The third-order valence-corrected chi connectivity index (χ3v) is 6.29. The van der Waals surface area contributed by atoms with Gasteiger partial charge in [0.15, 0.2) is 11.5 Å². The van der Waals surface area contributed by atoms with Crippen LogP contribution in [-0.2, 0) is 11.4 Å². The summed E-state index contributed by atoms with van der Waals surface area (Å²) >= 11 is 8.30. The molecule has 0 fully saturated rings. The maximum absolute atomic E-state index is 13.0. The first-order valence-corrected chi connectivity index (χ1v) is 12.7. The molecule has 0 aromatic heterocycles. The highest BCUT2D eigenvalue weighted by atomic mass is 127. The summed E-state index contributed by atoms with van der Waals surface area (Å²) in [7, 11) is 2.92. The van der Waals surface area contributed by atoms with Gasteiger partial charge in [0, 0.05) is 12.1 Å². The molecule has 192 valence electrons. The number of nitrogens with one attached hydrogen (secondary N) is 1. The van der Waals surface area contributed by atoms with Crippen molar-refractivity contribution in [3.8, 4) is 29.1 Å². The SMILES string of the molecule is CCOc1cc(/C=C(\C#N)C(=O)Nc2cc(OC)c(Cl)cc2OC)cc(I)c1OCc1cccc(C)c1. The van der Waals surface area contributed by atoms with E-state index in [1.807, 2.05) is 44.2 Å². The van der Waals surface area contributed by atoms with Crippen molar-refractivity contribution in [2.45, 2.75) is 20.5 Å². The molecule has 3 aromatic rings. The van der Waals surface area contributed by atoms with Gasteiger partial charge in [-0.25, -0.2) is 0 Å². The van der Waals surface area contributed by atoms with Gasteiger partial charge >= 0.3 is 0 Å². The molecular formula is C28H26ClIN2O5. The highest BCUT2D eigenvalue weighted by molar-refractivity contribution is 14.1. The van der Waals surface area contributed by atoms with Gasteiger partial charge in [0.25, 0.3) is 5.91 Å². The van der Waals surface area contributed by atoms with Gasteiger partial charge in [-0.2, -0.15) is 5.26 Å². The molecule has 0 saturated carbocycles. The van der Waals surface area contributed by atoms with E-state index in [0.717, 1.165) is 14.7 Å². The molecule has 37 heavy (non-hydrogen) atoms. The molecular weight excluding hydrogens is 607 g/mol. The molecule has 1 N–H and O–H groups in total. The Morgan fingerprint density at radius 3 is 2.49 bits per heavy atom. The Morgan fingerprint density at radius 1 is 1.08 bits per heavy atom. The molecule has 1 amide bonds. The van der Waals surface area contributed by atoms with E-state index in [0.29, 0.717) is 52.5 Å². The van der Waals surface area contributed by atoms with Crippen LogP contribution in [0.2, 0.25) is 5.02 Å². The van der Waals surface area contributed by atoms with Crippen LogP contribution < -0.4 is 24.3 Å². The summed E-state index contributed by atoms with van der Waals surface area (Å²) in [5.41, 5.74) is 3.02. The minimum Gasteiger partial charge on any atom is -0.495 e. The second kappa shape index (κ2) is 13.2. The van der Waals surface area contributed by atoms with Crippen molar-refractivity contribution < 1.29 is 23.7 Å². The molecule has 7 nitrogen and oxygen atoms in total. The van der Waals surface area contributed by atoms with Crippen molar-refractivity contribution in [1.82, 2.24) is 0 Å². The molecule has 3 rings (SSSR count). The summed E-state index contributed by atoms with van der Waals surface area (Å²) in [6, 6.07) is 16.7. The lowest BCUT2D eigenvalue weighted by molar-refractivity contribution is -0.112. The van der Waals surface area contributed by atoms with Crippen LogP contribution in [0, 0.1) is 21.8 Å². The number of methoxy groups -OCH3 is 2. The molecule has 9 heteroatoms. The van der Waals surface area contributed by atoms with Crippen LogP contribution in [0.5, 0.6) is 23.0 Å². The van der Waals surface area contributed by atoms with Crippen LogP contribution >= 0.6 is 34.2 Å². The van der Waals surface area contributed by atoms with Crippen molar-refractivity contribution in [3.63, 3.8) is 0 Å². The summed E-state index contributed by atoms with van der Waals surface area (Å²) in [6.07, 6.45) is 1.49. The number of halogens is 2. The van der Waals surface area contributed by atoms with Gasteiger partial charge in [-0.1, -0.05) is 41.4 Å². The van der Waals surface area contributed by atoms with E-state index in [2.05, 4.69) is 34.0 Å². The topological polar surface area (TPSA) is 89.8 Å². The number of carbonyl (C=O) groups excluding carboxylic acids is 1. The van der Waals surface area contributed by atoms with Gasteiger partial charge < -0.3 is 24.3 Å². The first-order valence-electron chi connectivity index (χ1n) is 11.3. The fourth-order valence-electron chi connectivity index (χ4n) is 3.49. The maximum atomic E-state index is 13.0. The van der Waals surface area contributed by atoms with Crippen molar-refractivity contribution in [1.29, 1.82) is 5.26 Å². The van der Waals surface area contributed by atoms with Crippen molar-refractivity contribution in [3.05, 3.63) is 79.4 Å². The fraction of sp³-hybridized carbons (Fsp3) is 0.214. The minimum absolute atomic E-state index is 0.109. The molecule has 0 radical (unpaired) electrons. The monoisotopic (exact) mass is 632 g/mol. The standard InChI is InChI=1S/C28H26ClIN2O5/c1-5-36-26-12-19(11-22(30)27(26)37-16-18-8-6-7-17(2)9-18)10-20(15-31)28(33)32-23-14-24(34-3)21(29)13-25(23)35-4/h6-14H,5,16H2,1-4H3,(H,32,33)/b20-10+. The van der Waals surface area contributed by atoms with Crippen molar-refractivity contribution in [2.24, 2.45) is 0 Å². The predicted molar refractivity (Wildman–Crippen MR) is 153 cm³/mol. The lowest BCUT2D eigenvalue weighted by Crippen LogP contribution is -2.14. The van der Waals surface area contributed by atoms with E-state index < -0.39 is 5.91 Å². The normalized spacial score (nSPS) is 10.9. The van der Waals surface area contributed by atoms with Crippen LogP contribution in [0.15, 0.2) is 54.1 Å². The zero-order valence-electron chi connectivity index (χ0n) is 20.9. The lowest BCUT2D eigenvalue weighted by atomic mass is 10.1. The number of anilines is 1. The number of nitriles is 1. The zero-order chi connectivity index (χ0) is 26.9. The van der Waals surface area contributed by atoms with E-state index >= 15 is 0 Å². The summed E-state index contributed by atoms with van der Waals surface area (Å²) in [5, 5.41) is 12.7. The van der Waals surface area contributed by atoms with Crippen molar-refractivity contribution in [2.75, 3.05) is 26.1 Å². The van der Waals surface area contributed by atoms with Crippen LogP contribution in [0.4, 0.5) is 5.69 Å². The van der Waals surface area contributed by atoms with Gasteiger partial charge in [0.05, 0.1) is 35.1 Å². The third kappa shape index (κ3) is 7.31. The number of benzene rings is 3. The highest BCUT2D eigenvalue weighted by Gasteiger charge is 2.17. The van der Waals surface area contributed by atoms with Crippen LogP contribution in [0.25, 0.3) is 6.08 Å². The molecule has 3 aromatic carbocycles. The molecule has 0 bridgehead atoms. The molecule has 0 aliphatic heterocycles. The largest absolute Gasteiger partial charge is 0.495 e. The quantitative estimate of drug-likeness (QED) is 0.150. The number of aryl methyl sites for hydroxylation is 1. The van der Waals surface area contributed by atoms with E-state index in [1.54, 1.807) is 6.07 Å². The number of hydrogen-bond donors (Lipinski definition) is 1. The molecule has 0 atom stereocenters. The Morgan fingerprint density at radius 2 is 1.84 bits per heavy atom. The number of amides is 1. The number of hydrogen-bond acceptors (Lipinski definition) is 6. The average Bonchev–Trinajstić information content (AvgIpc) is 2.87. The van der Waals surface area contributed by atoms with E-state index in [-0.39, 0.29) is 5.57 Å². The summed E-state index contributed by atoms with van der Waals surface area (Å²) < 4.78 is 23.2. The van der Waals surface area contributed by atoms with Crippen LogP contribution in [-0.4, -0.2) is 26.7 Å². The Kier molecular flexibility index (Phi) is 10.1.